The molecule has 13 N–H and O–H groups in total. The molecule has 44 nitrogen and oxygen atoms in total. The van der Waals surface area contributed by atoms with E-state index in [0.29, 0.717) is 23.1 Å². The summed E-state index contributed by atoms with van der Waals surface area (Å²) in [7, 11) is -5.66. The van der Waals surface area contributed by atoms with Gasteiger partial charge in [0.05, 0.1) is 69.6 Å². The van der Waals surface area contributed by atoms with Gasteiger partial charge in [-0.05, 0) is 48.0 Å². The van der Waals surface area contributed by atoms with Gasteiger partial charge < -0.3 is 81.5 Å². The molecule has 9 aliphatic heterocycles. The van der Waals surface area contributed by atoms with Gasteiger partial charge in [-0.25, -0.2) is 52.8 Å². The number of phosphoric ester groups is 1. The summed E-state index contributed by atoms with van der Waals surface area (Å²) in [5.41, 5.74) is 23.3. The Labute approximate surface area is 631 Å². The fraction of sp³-hybridized carbons (Fsp3) is 0.603. The van der Waals surface area contributed by atoms with E-state index in [4.69, 9.17) is 103 Å². The Balaban J connectivity index is 0.693. The minimum Gasteiger partial charge on any atom is -0.387 e. The summed E-state index contributed by atoms with van der Waals surface area (Å²) in [6, 6.07) is 0. The number of aromatic amines is 1. The summed E-state index contributed by atoms with van der Waals surface area (Å²) in [6.07, 6.45) is -14.2. The van der Waals surface area contributed by atoms with E-state index in [1.165, 1.54) is 57.5 Å². The highest BCUT2D eigenvalue weighted by Crippen LogP contribution is 2.66. The zero-order valence-corrected chi connectivity index (χ0v) is 64.9. The quantitative estimate of drug-likeness (QED) is 0.0275. The van der Waals surface area contributed by atoms with Crippen LogP contribution < -0.4 is 45.6 Å². The second-order valence-corrected chi connectivity index (χ2v) is 37.6. The lowest BCUT2D eigenvalue weighted by atomic mass is 9.94. The van der Waals surface area contributed by atoms with Crippen LogP contribution in [0, 0.1) is 13.8 Å². The summed E-state index contributed by atoms with van der Waals surface area (Å²) in [5, 5.41) is 11.8. The van der Waals surface area contributed by atoms with Crippen LogP contribution in [0.15, 0.2) is 74.9 Å². The molecular formula is C58H77N19O25P4S3. The highest BCUT2D eigenvalue weighted by atomic mass is 32.7. The third kappa shape index (κ3) is 13.9. The molecule has 0 spiro atoms. The van der Waals surface area contributed by atoms with Gasteiger partial charge in [0.2, 0.25) is 5.95 Å². The van der Waals surface area contributed by atoms with E-state index < -0.39 is 199 Å². The number of H-pyrrole nitrogens is 1. The average Bonchev–Trinajstić information content (AvgIpc) is 1.49. The smallest absolute Gasteiger partial charge is 0.387 e. The first-order valence-corrected chi connectivity index (χ1v) is 43.4. The molecule has 592 valence electrons. The summed E-state index contributed by atoms with van der Waals surface area (Å²) >= 11 is 13.1. The van der Waals surface area contributed by atoms with E-state index in [0.717, 1.165) is 10.9 Å². The molecule has 8 fully saturated rings. The molecule has 6 aromatic rings. The predicted octanol–water partition coefficient (Wildman–Crippen LogP) is 2.63. The van der Waals surface area contributed by atoms with E-state index in [1.807, 2.05) is 0 Å². The Morgan fingerprint density at radius 1 is 0.615 bits per heavy atom. The van der Waals surface area contributed by atoms with Crippen molar-refractivity contribution in [3.8, 4) is 0 Å². The molecule has 51 heteroatoms. The molecule has 0 radical (unpaired) electrons. The number of anilines is 4. The first-order chi connectivity index (χ1) is 51.3. The number of aliphatic hydroxyl groups is 1. The number of aliphatic imine (C=N–C) groups is 1. The topological polar surface area (TPSA) is 579 Å². The maximum atomic E-state index is 15.2. The number of fused-ring (bicyclic) bond motifs is 8. The lowest BCUT2D eigenvalue weighted by Gasteiger charge is -2.40. The van der Waals surface area contributed by atoms with Gasteiger partial charge in [0.1, 0.15) is 113 Å². The number of nitrogen functional groups attached to an aromatic ring is 4. The second kappa shape index (κ2) is 28.4. The van der Waals surface area contributed by atoms with Crippen molar-refractivity contribution in [2.24, 2.45) is 10.7 Å². The zero-order chi connectivity index (χ0) is 77.9. The molecule has 9 unspecified atom stereocenters. The highest BCUT2D eigenvalue weighted by molar-refractivity contribution is 8.45. The lowest BCUT2D eigenvalue weighted by Crippen LogP contribution is -2.52. The molecule has 0 aliphatic carbocycles. The number of hydrogen-bond donors (Lipinski definition) is 11. The Bertz CT molecular complexity index is 5120. The number of amidine groups is 1. The van der Waals surface area contributed by atoms with Crippen LogP contribution in [0.1, 0.15) is 89.9 Å². The van der Waals surface area contributed by atoms with Gasteiger partial charge in [0.25, 0.3) is 5.56 Å². The summed E-state index contributed by atoms with van der Waals surface area (Å²) in [4.78, 5) is 89.0. The normalized spacial score (nSPS) is 36.2. The number of aliphatic hydroxyl groups excluding tert-OH is 1. The van der Waals surface area contributed by atoms with E-state index >= 15 is 9.13 Å². The third-order valence-electron chi connectivity index (χ3n) is 20.9. The van der Waals surface area contributed by atoms with Crippen molar-refractivity contribution in [2.45, 2.75) is 195 Å². The van der Waals surface area contributed by atoms with Crippen LogP contribution in [0.2, 0.25) is 0 Å². The van der Waals surface area contributed by atoms with Gasteiger partial charge in [0.15, 0.2) is 41.3 Å². The fourth-order valence-corrected chi connectivity index (χ4v) is 20.6. The van der Waals surface area contributed by atoms with Gasteiger partial charge in [-0.1, -0.05) is 50.2 Å². The van der Waals surface area contributed by atoms with Gasteiger partial charge in [-0.2, -0.15) is 15.0 Å². The average molecular weight is 1660 g/mol. The van der Waals surface area contributed by atoms with Crippen molar-refractivity contribution in [3.63, 3.8) is 0 Å². The van der Waals surface area contributed by atoms with Crippen molar-refractivity contribution in [2.75, 3.05) is 49.4 Å². The fourth-order valence-electron chi connectivity index (χ4n) is 15.0. The molecule has 109 heavy (non-hydrogen) atoms. The van der Waals surface area contributed by atoms with Crippen molar-refractivity contribution >= 4 is 117 Å². The Morgan fingerprint density at radius 3 is 1.72 bits per heavy atom. The molecule has 0 saturated carbocycles. The molecule has 0 aromatic carbocycles. The first-order valence-electron chi connectivity index (χ1n) is 33.8. The number of nitrogens with zero attached hydrogens (tertiary/aromatic N) is 13. The largest absolute Gasteiger partial charge is 0.472 e. The molecule has 9 aliphatic rings. The number of rotatable bonds is 26. The number of thiol groups is 3. The second-order valence-electron chi connectivity index (χ2n) is 27.5. The van der Waals surface area contributed by atoms with Crippen molar-refractivity contribution in [3.05, 3.63) is 98.0 Å². The summed E-state index contributed by atoms with van der Waals surface area (Å²) in [6.45, 7) is -2.01. The van der Waals surface area contributed by atoms with Crippen LogP contribution in [0.3, 0.4) is 0 Å². The minimum absolute atomic E-state index is 0.000435. The molecule has 0 amide bonds. The van der Waals surface area contributed by atoms with E-state index in [9.17, 15) is 33.5 Å². The SMILES string of the molecule is C=C1N=C(N)C(C)=CN1[C@@H]1O[C@]2(COP(=O)(S)OC3[C@@H]4O[C@@H](C)[C@]3(COP(=O)(O)OC3[C@@H]5O[C@@H](C)[C@]3(COP(=O)(S)OC3C[C@H](n6cc(C)c(N)nc6=O)O[C@@H]3COP(=O)(S)OC3C[C@H](n6cc(C)c(N)nc6=O)O[C@@H]3CC)O[C@H]5n3cnc5c(=O)[nH]c(N)nc53)O[C@H]4n3cnc4c(N)ncnc43)C(O)[C@@H]1O[C@H]2C. The van der Waals surface area contributed by atoms with Crippen LogP contribution in [-0.4, -0.2) is 208 Å². The highest BCUT2D eigenvalue weighted by Gasteiger charge is 2.72. The monoisotopic (exact) mass is 1660 g/mol. The number of hydrogen-bond acceptors (Lipinski definition) is 38. The van der Waals surface area contributed by atoms with E-state index in [1.54, 1.807) is 40.8 Å². The Hall–Kier alpha value is -6.14. The van der Waals surface area contributed by atoms with Gasteiger partial charge >= 0.3 is 39.6 Å². The number of imidazole rings is 2. The number of nitrogens with one attached hydrogen (secondary N) is 1. The minimum atomic E-state index is -5.66. The molecular weight excluding hydrogens is 1580 g/mol. The maximum Gasteiger partial charge on any atom is 0.472 e. The van der Waals surface area contributed by atoms with Crippen molar-refractivity contribution in [1.82, 2.24) is 63.0 Å². The van der Waals surface area contributed by atoms with Crippen LogP contribution in [-0.2, 0) is 92.3 Å². The molecule has 6 aromatic heterocycles. The van der Waals surface area contributed by atoms with Crippen molar-refractivity contribution in [1.29, 1.82) is 0 Å². The third-order valence-corrected chi connectivity index (χ3v) is 26.6. The van der Waals surface area contributed by atoms with Crippen LogP contribution in [0.25, 0.3) is 22.3 Å². The maximum absolute atomic E-state index is 15.2. The van der Waals surface area contributed by atoms with Gasteiger partial charge in [0, 0.05) is 48.1 Å². The lowest BCUT2D eigenvalue weighted by molar-refractivity contribution is -0.220. The van der Waals surface area contributed by atoms with Gasteiger partial charge in [-0.15, -0.1) is 0 Å². The molecule has 15 rings (SSSR count). The van der Waals surface area contributed by atoms with Crippen LogP contribution in [0.5, 0.6) is 0 Å². The number of aromatic nitrogens is 12. The molecule has 25 atom stereocenters. The molecule has 6 bridgehead atoms. The number of ether oxygens (including phenoxy) is 8. The first kappa shape index (κ1) is 78.1. The zero-order valence-electron chi connectivity index (χ0n) is 58.6. The summed E-state index contributed by atoms with van der Waals surface area (Å²) in [5.74, 6) is 0.0255. The van der Waals surface area contributed by atoms with Crippen molar-refractivity contribution < 1.29 is 102 Å². The van der Waals surface area contributed by atoms with Crippen LogP contribution >= 0.6 is 65.0 Å². The van der Waals surface area contributed by atoms with E-state index in [2.05, 4.69) is 88.2 Å². The van der Waals surface area contributed by atoms with E-state index in [-0.39, 0.29) is 70.2 Å². The molecule has 8 saturated heterocycles. The summed E-state index contributed by atoms with van der Waals surface area (Å²) < 4.78 is 165. The Kier molecular flexibility index (Phi) is 20.4. The number of nitrogens with two attached hydrogens (primary N) is 5. The predicted molar refractivity (Wildman–Crippen MR) is 387 cm³/mol. The number of aryl methyl sites for hydroxylation is 2. The Morgan fingerprint density at radius 2 is 1.12 bits per heavy atom. The van der Waals surface area contributed by atoms with Gasteiger partial charge in [-0.3, -0.25) is 64.2 Å². The number of phosphoric acid groups is 1. The molecule has 15 heterocycles. The van der Waals surface area contributed by atoms with Crippen LogP contribution in [0.4, 0.5) is 23.4 Å². The standard InChI is InChI=1S/C58H77N19O25P4S3/c1-9-29-30(10-33(94-29)74-13-23(3)44(60)69-54(74)80)99-104(84,107)87-15-32-31(11-34(95-32)75-14-24(4)45(61)70-55(75)81)100-105(85,108)90-18-58-27(7)92-38(52(98-58)77-21-67-36-48(77)71-53(63)72-49(36)79)41(58)101-103(82,83)88-17-57-26(6)93-39(51(97-57)76-20-66-35-46(62)64-19-65-47(35)76)42(57)102-106(86,109)89-16-56-25(5)91-37(40(56)78)50(96-56)73-12-22(2)43(59)68-28(73)8/h12-14,19-21,25-27,29-34,37-42,50-52,78H,8-11,15-18H2,1-7H3,(H2,59,68)(H,82,83)(H,84,107)(H,85,108)(H,86,109)(H2,60,69,80)(H2,61,70,81)(H2,62,64,65)(H3,63,71,72,79)/t25-,26-,27-,29+,30?,31?,32+,33+,34+,37-,38-,39-,40?,41?,42?,50+,51+,52+,56-,57-,58-,104?,105?,106?/m0/s1.